The maximum absolute atomic E-state index is 12.4. The van der Waals surface area contributed by atoms with E-state index in [0.29, 0.717) is 17.1 Å². The summed E-state index contributed by atoms with van der Waals surface area (Å²) < 4.78 is 0. The van der Waals surface area contributed by atoms with Crippen molar-refractivity contribution in [1.82, 2.24) is 9.80 Å². The van der Waals surface area contributed by atoms with Gasteiger partial charge in [-0.1, -0.05) is 23.7 Å². The Hall–Kier alpha value is -0.940. The second-order valence-electron chi connectivity index (χ2n) is 5.15. The van der Waals surface area contributed by atoms with Crippen LogP contribution in [-0.4, -0.2) is 66.1 Å². The van der Waals surface area contributed by atoms with Crippen molar-refractivity contribution >= 4 is 17.4 Å². The number of nitrogens with zero attached hydrogens (tertiary/aromatic N) is 2. The van der Waals surface area contributed by atoms with Crippen molar-refractivity contribution in [2.24, 2.45) is 0 Å². The lowest BCUT2D eigenvalue weighted by Gasteiger charge is -2.37. The third-order valence-electron chi connectivity index (χ3n) is 3.86. The zero-order valence-electron chi connectivity index (χ0n) is 11.8. The van der Waals surface area contributed by atoms with Gasteiger partial charge in [-0.3, -0.25) is 14.6 Å². The van der Waals surface area contributed by atoms with Crippen molar-refractivity contribution in [3.63, 3.8) is 0 Å². The van der Waals surface area contributed by atoms with Crippen LogP contribution in [0.15, 0.2) is 24.3 Å². The minimum Gasteiger partial charge on any atom is -0.395 e. The summed E-state index contributed by atoms with van der Waals surface area (Å²) in [5, 5.41) is 9.53. The summed E-state index contributed by atoms with van der Waals surface area (Å²) >= 11 is 5.94. The van der Waals surface area contributed by atoms with Gasteiger partial charge in [-0.2, -0.15) is 0 Å². The number of halogens is 1. The minimum atomic E-state index is -0.134. The highest BCUT2D eigenvalue weighted by atomic mass is 35.5. The lowest BCUT2D eigenvalue weighted by atomic mass is 10.0. The zero-order chi connectivity index (χ0) is 14.5. The molecule has 1 aromatic carbocycles. The van der Waals surface area contributed by atoms with Gasteiger partial charge in [0.2, 0.25) is 0 Å². The number of aliphatic hydroxyl groups is 1. The molecule has 0 spiro atoms. The Morgan fingerprint density at radius 1 is 1.35 bits per heavy atom. The van der Waals surface area contributed by atoms with E-state index in [2.05, 4.69) is 9.80 Å². The number of Topliss-reactive ketones (excluding diaryl/α,β-unsaturated/α-hetero) is 1. The summed E-state index contributed by atoms with van der Waals surface area (Å²) in [5.41, 5.74) is 0.669. The van der Waals surface area contributed by atoms with Crippen molar-refractivity contribution < 1.29 is 9.90 Å². The summed E-state index contributed by atoms with van der Waals surface area (Å²) in [6.07, 6.45) is 0. The third-order valence-corrected chi connectivity index (χ3v) is 4.09. The van der Waals surface area contributed by atoms with Crippen LogP contribution in [-0.2, 0) is 0 Å². The Morgan fingerprint density at radius 3 is 2.65 bits per heavy atom. The van der Waals surface area contributed by atoms with E-state index >= 15 is 0 Å². The standard InChI is InChI=1S/C15H21ClN2O2/c1-12(15(20)13-3-2-4-14(16)11-13)18-7-5-17(6-8-18)9-10-19/h2-4,11-12,19H,5-10H2,1H3. The van der Waals surface area contributed by atoms with Gasteiger partial charge >= 0.3 is 0 Å². The van der Waals surface area contributed by atoms with Crippen molar-refractivity contribution in [2.45, 2.75) is 13.0 Å². The largest absolute Gasteiger partial charge is 0.395 e. The second-order valence-corrected chi connectivity index (χ2v) is 5.59. The molecule has 0 radical (unpaired) electrons. The van der Waals surface area contributed by atoms with Crippen molar-refractivity contribution in [1.29, 1.82) is 0 Å². The van der Waals surface area contributed by atoms with Gasteiger partial charge in [0.25, 0.3) is 0 Å². The Bertz CT molecular complexity index is 459. The molecule has 20 heavy (non-hydrogen) atoms. The van der Waals surface area contributed by atoms with Crippen molar-refractivity contribution in [3.8, 4) is 0 Å². The maximum Gasteiger partial charge on any atom is 0.179 e. The van der Waals surface area contributed by atoms with E-state index < -0.39 is 0 Å². The number of hydrogen-bond donors (Lipinski definition) is 1. The van der Waals surface area contributed by atoms with Crippen LogP contribution in [0.3, 0.4) is 0 Å². The summed E-state index contributed by atoms with van der Waals surface area (Å²) in [4.78, 5) is 16.9. The molecule has 4 nitrogen and oxygen atoms in total. The number of ketones is 1. The molecule has 2 rings (SSSR count). The van der Waals surface area contributed by atoms with Gasteiger partial charge in [-0.25, -0.2) is 0 Å². The fourth-order valence-corrected chi connectivity index (χ4v) is 2.75. The average molecular weight is 297 g/mol. The van der Waals surface area contributed by atoms with E-state index in [9.17, 15) is 4.79 Å². The molecule has 0 aromatic heterocycles. The Morgan fingerprint density at radius 2 is 2.05 bits per heavy atom. The molecule has 1 atom stereocenters. The van der Waals surface area contributed by atoms with Crippen LogP contribution < -0.4 is 0 Å². The number of rotatable bonds is 5. The Labute approximate surface area is 124 Å². The lowest BCUT2D eigenvalue weighted by Crippen LogP contribution is -2.52. The number of carbonyl (C=O) groups excluding carboxylic acids is 1. The minimum absolute atomic E-state index is 0.114. The van der Waals surface area contributed by atoms with E-state index in [0.717, 1.165) is 26.2 Å². The first-order chi connectivity index (χ1) is 9.61. The molecule has 1 aliphatic heterocycles. The van der Waals surface area contributed by atoms with E-state index in [1.807, 2.05) is 19.1 Å². The molecule has 5 heteroatoms. The average Bonchev–Trinajstić information content (AvgIpc) is 2.47. The maximum atomic E-state index is 12.4. The van der Waals surface area contributed by atoms with Crippen LogP contribution in [0.4, 0.5) is 0 Å². The fourth-order valence-electron chi connectivity index (χ4n) is 2.56. The first kappa shape index (κ1) is 15.4. The van der Waals surface area contributed by atoms with Gasteiger partial charge in [0.1, 0.15) is 0 Å². The molecular formula is C15H21ClN2O2. The van der Waals surface area contributed by atoms with E-state index in [1.54, 1.807) is 12.1 Å². The van der Waals surface area contributed by atoms with E-state index in [1.165, 1.54) is 0 Å². The lowest BCUT2D eigenvalue weighted by molar-refractivity contribution is 0.0663. The molecule has 1 saturated heterocycles. The first-order valence-corrected chi connectivity index (χ1v) is 7.36. The topological polar surface area (TPSA) is 43.8 Å². The first-order valence-electron chi connectivity index (χ1n) is 6.99. The number of hydrogen-bond acceptors (Lipinski definition) is 4. The van der Waals surface area contributed by atoms with E-state index in [4.69, 9.17) is 16.7 Å². The van der Waals surface area contributed by atoms with Crippen LogP contribution in [0.25, 0.3) is 0 Å². The fraction of sp³-hybridized carbons (Fsp3) is 0.533. The number of β-amino-alcohol motifs (C(OH)–C–C–N with tert-alkyl or cyclic N) is 1. The predicted molar refractivity (Wildman–Crippen MR) is 80.3 cm³/mol. The predicted octanol–water partition coefficient (Wildman–Crippen LogP) is 1.52. The Balaban J connectivity index is 1.95. The molecule has 1 fully saturated rings. The molecule has 110 valence electrons. The second kappa shape index (κ2) is 7.18. The number of piperazine rings is 1. The van der Waals surface area contributed by atoms with Gasteiger partial charge in [-0.05, 0) is 19.1 Å². The van der Waals surface area contributed by atoms with Crippen LogP contribution >= 0.6 is 11.6 Å². The number of benzene rings is 1. The molecule has 0 aliphatic carbocycles. The highest BCUT2D eigenvalue weighted by Gasteiger charge is 2.26. The molecule has 0 bridgehead atoms. The SMILES string of the molecule is CC(C(=O)c1cccc(Cl)c1)N1CCN(CCO)CC1. The van der Waals surface area contributed by atoms with Crippen LogP contribution in [0.5, 0.6) is 0 Å². The van der Waals surface area contributed by atoms with Gasteiger partial charge in [-0.15, -0.1) is 0 Å². The molecule has 1 heterocycles. The third kappa shape index (κ3) is 3.79. The number of carbonyl (C=O) groups is 1. The molecule has 0 saturated carbocycles. The van der Waals surface area contributed by atoms with E-state index in [-0.39, 0.29) is 18.4 Å². The normalized spacial score (nSPS) is 18.9. The summed E-state index contributed by atoms with van der Waals surface area (Å²) in [7, 11) is 0. The van der Waals surface area contributed by atoms with Crippen molar-refractivity contribution in [2.75, 3.05) is 39.3 Å². The van der Waals surface area contributed by atoms with Gasteiger partial charge in [0.05, 0.1) is 12.6 Å². The zero-order valence-corrected chi connectivity index (χ0v) is 12.5. The summed E-state index contributed by atoms with van der Waals surface area (Å²) in [6, 6.07) is 6.98. The summed E-state index contributed by atoms with van der Waals surface area (Å²) in [6.45, 7) is 6.36. The van der Waals surface area contributed by atoms with Crippen LogP contribution in [0.1, 0.15) is 17.3 Å². The molecule has 1 N–H and O–H groups in total. The number of aliphatic hydroxyl groups excluding tert-OH is 1. The monoisotopic (exact) mass is 296 g/mol. The molecule has 1 aromatic rings. The highest BCUT2D eigenvalue weighted by Crippen LogP contribution is 2.15. The van der Waals surface area contributed by atoms with Crippen molar-refractivity contribution in [3.05, 3.63) is 34.9 Å². The van der Waals surface area contributed by atoms with Gasteiger partial charge in [0, 0.05) is 43.3 Å². The molecular weight excluding hydrogens is 276 g/mol. The summed E-state index contributed by atoms with van der Waals surface area (Å²) in [5.74, 6) is 0.114. The molecule has 1 unspecified atom stereocenters. The highest BCUT2D eigenvalue weighted by molar-refractivity contribution is 6.31. The quantitative estimate of drug-likeness (QED) is 0.837. The smallest absolute Gasteiger partial charge is 0.179 e. The van der Waals surface area contributed by atoms with Crippen LogP contribution in [0.2, 0.25) is 5.02 Å². The molecule has 0 amide bonds. The Kier molecular flexibility index (Phi) is 5.54. The van der Waals surface area contributed by atoms with Crippen LogP contribution in [0, 0.1) is 0 Å². The molecule has 1 aliphatic rings. The van der Waals surface area contributed by atoms with Gasteiger partial charge < -0.3 is 5.11 Å². The van der Waals surface area contributed by atoms with Gasteiger partial charge in [0.15, 0.2) is 5.78 Å².